The molecule has 1 aliphatic heterocycles. The van der Waals surface area contributed by atoms with Crippen LogP contribution in [0.2, 0.25) is 0 Å². The average Bonchev–Trinajstić information content (AvgIpc) is 2.64. The van der Waals surface area contributed by atoms with Gasteiger partial charge in [-0.3, -0.25) is 4.90 Å². The molecule has 1 saturated heterocycles. The van der Waals surface area contributed by atoms with Crippen molar-refractivity contribution in [1.82, 2.24) is 4.90 Å². The summed E-state index contributed by atoms with van der Waals surface area (Å²) in [5, 5.41) is 0. The Bertz CT molecular complexity index is 419. The number of ether oxygens (including phenoxy) is 1. The molecule has 0 radical (unpaired) electrons. The molecular formula is C23H39NO. The summed E-state index contributed by atoms with van der Waals surface area (Å²) in [6.45, 7) is 6.66. The van der Waals surface area contributed by atoms with E-state index < -0.39 is 0 Å². The summed E-state index contributed by atoms with van der Waals surface area (Å²) in [6.07, 6.45) is 15.6. The molecule has 0 aliphatic carbocycles. The zero-order valence-electron chi connectivity index (χ0n) is 16.4. The van der Waals surface area contributed by atoms with Crippen molar-refractivity contribution in [2.24, 2.45) is 0 Å². The highest BCUT2D eigenvalue weighted by molar-refractivity contribution is 5.15. The molecule has 2 rings (SSSR count). The van der Waals surface area contributed by atoms with Crippen molar-refractivity contribution in [3.8, 4) is 0 Å². The van der Waals surface area contributed by atoms with E-state index in [-0.39, 0.29) is 0 Å². The number of benzene rings is 1. The van der Waals surface area contributed by atoms with Gasteiger partial charge in [0.1, 0.15) is 0 Å². The second-order valence-corrected chi connectivity index (χ2v) is 7.67. The molecular weight excluding hydrogens is 306 g/mol. The molecule has 2 nitrogen and oxygen atoms in total. The number of rotatable bonds is 13. The van der Waals surface area contributed by atoms with E-state index in [0.717, 1.165) is 26.1 Å². The average molecular weight is 346 g/mol. The van der Waals surface area contributed by atoms with E-state index >= 15 is 0 Å². The number of hydrogen-bond acceptors (Lipinski definition) is 2. The van der Waals surface area contributed by atoms with E-state index in [0.29, 0.717) is 6.10 Å². The summed E-state index contributed by atoms with van der Waals surface area (Å²) in [6, 6.07) is 10.8. The van der Waals surface area contributed by atoms with Crippen LogP contribution in [0.3, 0.4) is 0 Å². The van der Waals surface area contributed by atoms with E-state index in [1.54, 1.807) is 0 Å². The Balaban J connectivity index is 1.47. The smallest absolute Gasteiger partial charge is 0.0742 e. The first-order valence-electron chi connectivity index (χ1n) is 10.8. The first-order valence-corrected chi connectivity index (χ1v) is 10.8. The van der Waals surface area contributed by atoms with Gasteiger partial charge in [-0.25, -0.2) is 0 Å². The van der Waals surface area contributed by atoms with Gasteiger partial charge in [-0.15, -0.1) is 0 Å². The SMILES string of the molecule is CCCCCCCCCCCCN1CCOC(Cc2ccccc2)C1. The lowest BCUT2D eigenvalue weighted by Gasteiger charge is -2.33. The van der Waals surface area contributed by atoms with Gasteiger partial charge in [0.15, 0.2) is 0 Å². The van der Waals surface area contributed by atoms with Crippen LogP contribution >= 0.6 is 0 Å². The molecule has 1 aliphatic rings. The zero-order valence-corrected chi connectivity index (χ0v) is 16.4. The number of unbranched alkanes of at least 4 members (excludes halogenated alkanes) is 9. The molecule has 2 heteroatoms. The van der Waals surface area contributed by atoms with E-state index in [1.807, 2.05) is 0 Å². The maximum atomic E-state index is 5.97. The molecule has 0 amide bonds. The lowest BCUT2D eigenvalue weighted by molar-refractivity contribution is -0.0279. The number of morpholine rings is 1. The van der Waals surface area contributed by atoms with Crippen molar-refractivity contribution in [2.75, 3.05) is 26.2 Å². The topological polar surface area (TPSA) is 12.5 Å². The van der Waals surface area contributed by atoms with Crippen LogP contribution in [0.1, 0.15) is 76.7 Å². The highest BCUT2D eigenvalue weighted by Gasteiger charge is 2.20. The fraction of sp³-hybridized carbons (Fsp3) is 0.739. The van der Waals surface area contributed by atoms with Gasteiger partial charge in [0.2, 0.25) is 0 Å². The molecule has 0 spiro atoms. The molecule has 0 aromatic heterocycles. The largest absolute Gasteiger partial charge is 0.375 e. The Morgan fingerprint density at radius 2 is 1.52 bits per heavy atom. The van der Waals surface area contributed by atoms with Crippen molar-refractivity contribution in [3.05, 3.63) is 35.9 Å². The first kappa shape index (κ1) is 20.5. The molecule has 1 atom stereocenters. The number of nitrogens with zero attached hydrogens (tertiary/aromatic N) is 1. The Labute approximate surface area is 156 Å². The van der Waals surface area contributed by atoms with Gasteiger partial charge >= 0.3 is 0 Å². The first-order chi connectivity index (χ1) is 12.4. The molecule has 0 bridgehead atoms. The molecule has 0 saturated carbocycles. The van der Waals surface area contributed by atoms with Crippen LogP contribution in [-0.2, 0) is 11.2 Å². The lowest BCUT2D eigenvalue weighted by Crippen LogP contribution is -2.43. The third kappa shape index (κ3) is 9.42. The standard InChI is InChI=1S/C23H39NO/c1-2-3-4-5-6-7-8-9-10-14-17-24-18-19-25-23(21-24)20-22-15-12-11-13-16-22/h11-13,15-16,23H,2-10,14,17-21H2,1H3. The van der Waals surface area contributed by atoms with Gasteiger partial charge in [0.05, 0.1) is 12.7 Å². The monoisotopic (exact) mass is 345 g/mol. The van der Waals surface area contributed by atoms with Gasteiger partial charge in [0.25, 0.3) is 0 Å². The quantitative estimate of drug-likeness (QED) is 0.416. The van der Waals surface area contributed by atoms with Crippen molar-refractivity contribution in [1.29, 1.82) is 0 Å². The van der Waals surface area contributed by atoms with Crippen molar-refractivity contribution < 1.29 is 4.74 Å². The minimum atomic E-state index is 0.374. The fourth-order valence-corrected chi connectivity index (χ4v) is 3.81. The van der Waals surface area contributed by atoms with Crippen LogP contribution in [0, 0.1) is 0 Å². The highest BCUT2D eigenvalue weighted by Crippen LogP contribution is 2.14. The van der Waals surface area contributed by atoms with Crippen LogP contribution < -0.4 is 0 Å². The molecule has 1 heterocycles. The summed E-state index contributed by atoms with van der Waals surface area (Å²) in [5.74, 6) is 0. The minimum absolute atomic E-state index is 0.374. The van der Waals surface area contributed by atoms with Crippen molar-refractivity contribution in [2.45, 2.75) is 83.7 Å². The van der Waals surface area contributed by atoms with E-state index in [4.69, 9.17) is 4.74 Å². The van der Waals surface area contributed by atoms with E-state index in [1.165, 1.54) is 76.3 Å². The van der Waals surface area contributed by atoms with Crippen molar-refractivity contribution in [3.63, 3.8) is 0 Å². The van der Waals surface area contributed by atoms with Crippen LogP contribution in [0.25, 0.3) is 0 Å². The molecule has 1 unspecified atom stereocenters. The summed E-state index contributed by atoms with van der Waals surface area (Å²) < 4.78 is 5.97. The summed E-state index contributed by atoms with van der Waals surface area (Å²) in [7, 11) is 0. The summed E-state index contributed by atoms with van der Waals surface area (Å²) in [4.78, 5) is 2.61. The number of hydrogen-bond donors (Lipinski definition) is 0. The second-order valence-electron chi connectivity index (χ2n) is 7.67. The maximum Gasteiger partial charge on any atom is 0.0742 e. The van der Waals surface area contributed by atoms with Gasteiger partial charge in [0, 0.05) is 13.1 Å². The predicted molar refractivity (Wildman–Crippen MR) is 108 cm³/mol. The van der Waals surface area contributed by atoms with Crippen LogP contribution in [0.4, 0.5) is 0 Å². The van der Waals surface area contributed by atoms with Crippen LogP contribution in [0.5, 0.6) is 0 Å². The zero-order chi connectivity index (χ0) is 17.6. The van der Waals surface area contributed by atoms with Gasteiger partial charge in [-0.2, -0.15) is 0 Å². The summed E-state index contributed by atoms with van der Waals surface area (Å²) in [5.41, 5.74) is 1.40. The van der Waals surface area contributed by atoms with Gasteiger partial charge < -0.3 is 4.74 Å². The predicted octanol–water partition coefficient (Wildman–Crippen LogP) is 5.85. The normalized spacial score (nSPS) is 18.5. The van der Waals surface area contributed by atoms with E-state index in [9.17, 15) is 0 Å². The molecule has 1 fully saturated rings. The molecule has 1 aromatic rings. The van der Waals surface area contributed by atoms with E-state index in [2.05, 4.69) is 42.2 Å². The Hall–Kier alpha value is -0.860. The Morgan fingerprint density at radius 1 is 0.880 bits per heavy atom. The van der Waals surface area contributed by atoms with Gasteiger partial charge in [-0.05, 0) is 24.9 Å². The highest BCUT2D eigenvalue weighted by atomic mass is 16.5. The second kappa shape index (κ2) is 13.4. The van der Waals surface area contributed by atoms with Crippen LogP contribution in [-0.4, -0.2) is 37.2 Å². The third-order valence-electron chi connectivity index (χ3n) is 5.36. The fourth-order valence-electron chi connectivity index (χ4n) is 3.81. The Kier molecular flexibility index (Phi) is 10.9. The molecule has 142 valence electrons. The lowest BCUT2D eigenvalue weighted by atomic mass is 10.1. The third-order valence-corrected chi connectivity index (χ3v) is 5.36. The molecule has 25 heavy (non-hydrogen) atoms. The minimum Gasteiger partial charge on any atom is -0.375 e. The van der Waals surface area contributed by atoms with Gasteiger partial charge in [-0.1, -0.05) is 95.0 Å². The van der Waals surface area contributed by atoms with Crippen molar-refractivity contribution >= 4 is 0 Å². The molecule has 0 N–H and O–H groups in total. The van der Waals surface area contributed by atoms with Crippen LogP contribution in [0.15, 0.2) is 30.3 Å². The Morgan fingerprint density at radius 3 is 2.20 bits per heavy atom. The molecule has 1 aromatic carbocycles. The summed E-state index contributed by atoms with van der Waals surface area (Å²) >= 11 is 0. The maximum absolute atomic E-state index is 5.97.